The van der Waals surface area contributed by atoms with Crippen LogP contribution in [-0.4, -0.2) is 69.7 Å². The van der Waals surface area contributed by atoms with Crippen LogP contribution in [0.2, 0.25) is 5.02 Å². The molecule has 1 fully saturated rings. The first-order chi connectivity index (χ1) is 14.7. The molecule has 0 spiro atoms. The van der Waals surface area contributed by atoms with Crippen molar-refractivity contribution < 1.29 is 22.6 Å². The molecule has 0 radical (unpaired) electrons. The highest BCUT2D eigenvalue weighted by molar-refractivity contribution is 7.79. The minimum atomic E-state index is -2.85. The van der Waals surface area contributed by atoms with Crippen LogP contribution >= 0.6 is 11.6 Å². The highest BCUT2D eigenvalue weighted by Crippen LogP contribution is 2.33. The molecule has 13 heteroatoms. The van der Waals surface area contributed by atoms with Crippen LogP contribution in [0.15, 0.2) is 24.3 Å². The Morgan fingerprint density at radius 3 is 2.74 bits per heavy atom. The van der Waals surface area contributed by atoms with Gasteiger partial charge in [-0.25, -0.2) is 27.6 Å². The molecule has 1 saturated heterocycles. The summed E-state index contributed by atoms with van der Waals surface area (Å²) < 4.78 is 49.1. The monoisotopic (exact) mass is 472 g/mol. The van der Waals surface area contributed by atoms with Crippen molar-refractivity contribution in [2.24, 2.45) is 0 Å². The van der Waals surface area contributed by atoms with E-state index in [1.54, 1.807) is 12.1 Å². The van der Waals surface area contributed by atoms with Gasteiger partial charge in [-0.1, -0.05) is 35.0 Å². The Labute approximate surface area is 183 Å². The van der Waals surface area contributed by atoms with Crippen molar-refractivity contribution in [1.29, 1.82) is 0 Å². The van der Waals surface area contributed by atoms with Crippen molar-refractivity contribution in [1.82, 2.24) is 25.0 Å². The molecule has 3 aromatic rings. The second kappa shape index (κ2) is 8.69. The molecule has 1 aromatic carbocycles. The molecule has 2 atom stereocenters. The molecule has 2 unspecified atom stereocenters. The number of aliphatic hydroxyl groups is 1. The second-order valence-corrected chi connectivity index (χ2v) is 8.73. The van der Waals surface area contributed by atoms with E-state index in [2.05, 4.69) is 20.3 Å². The number of hydrogen-bond acceptors (Lipinski definition) is 7. The third kappa shape index (κ3) is 4.97. The Balaban J connectivity index is 1.75. The van der Waals surface area contributed by atoms with E-state index < -0.39 is 29.7 Å². The molecule has 1 aliphatic rings. The molecule has 2 N–H and O–H groups in total. The zero-order valence-corrected chi connectivity index (χ0v) is 17.7. The number of nitrogens with zero attached hydrogens (tertiary/aromatic N) is 6. The fraction of sp³-hybridized carbons (Fsp3) is 0.444. The number of fused-ring (bicyclic) bond motifs is 1. The van der Waals surface area contributed by atoms with Crippen LogP contribution in [-0.2, 0) is 24.0 Å². The van der Waals surface area contributed by atoms with E-state index in [9.17, 15) is 18.1 Å². The molecule has 31 heavy (non-hydrogen) atoms. The number of alkyl halides is 2. The summed E-state index contributed by atoms with van der Waals surface area (Å²) >= 11 is 4.04. The van der Waals surface area contributed by atoms with Gasteiger partial charge in [-0.15, -0.1) is 5.10 Å². The number of hydrogen-bond donors (Lipinski definition) is 2. The summed E-state index contributed by atoms with van der Waals surface area (Å²) in [5.74, 6) is -2.90. The molecule has 0 aliphatic carbocycles. The van der Waals surface area contributed by atoms with Crippen molar-refractivity contribution in [2.75, 3.05) is 23.7 Å². The topological polar surface area (TPSA) is 117 Å². The van der Waals surface area contributed by atoms with E-state index in [4.69, 9.17) is 16.2 Å². The minimum Gasteiger partial charge on any atom is -0.392 e. The molecule has 0 saturated carbocycles. The van der Waals surface area contributed by atoms with Gasteiger partial charge >= 0.3 is 0 Å². The second-order valence-electron chi connectivity index (χ2n) is 7.35. The van der Waals surface area contributed by atoms with Crippen LogP contribution < -0.4 is 4.90 Å². The van der Waals surface area contributed by atoms with Gasteiger partial charge in [-0.3, -0.25) is 0 Å². The van der Waals surface area contributed by atoms with Crippen molar-refractivity contribution in [3.8, 4) is 0 Å². The van der Waals surface area contributed by atoms with Crippen molar-refractivity contribution in [3.05, 3.63) is 40.7 Å². The number of aromatic nitrogens is 5. The van der Waals surface area contributed by atoms with E-state index in [1.807, 2.05) is 12.1 Å². The van der Waals surface area contributed by atoms with Gasteiger partial charge in [0.15, 0.2) is 28.1 Å². The molecule has 9 nitrogen and oxygen atoms in total. The molecule has 2 aromatic heterocycles. The van der Waals surface area contributed by atoms with Crippen LogP contribution in [0.25, 0.3) is 11.2 Å². The van der Waals surface area contributed by atoms with Gasteiger partial charge in [0, 0.05) is 24.4 Å². The lowest BCUT2D eigenvalue weighted by molar-refractivity contribution is 0.0257. The molecule has 166 valence electrons. The largest absolute Gasteiger partial charge is 0.392 e. The maximum absolute atomic E-state index is 13.8. The summed E-state index contributed by atoms with van der Waals surface area (Å²) in [4.78, 5) is 10.2. The molecular formula is C18H19ClF2N6O3S. The van der Waals surface area contributed by atoms with Gasteiger partial charge < -0.3 is 14.6 Å². The van der Waals surface area contributed by atoms with Gasteiger partial charge in [-0.05, 0) is 11.6 Å². The molecule has 0 bridgehead atoms. The van der Waals surface area contributed by atoms with E-state index in [0.717, 1.165) is 5.56 Å². The zero-order valence-electron chi connectivity index (χ0n) is 16.2. The first-order valence-electron chi connectivity index (χ1n) is 9.44. The van der Waals surface area contributed by atoms with E-state index >= 15 is 0 Å². The lowest BCUT2D eigenvalue weighted by atomic mass is 10.2. The Morgan fingerprint density at radius 2 is 2.06 bits per heavy atom. The maximum atomic E-state index is 13.8. The van der Waals surface area contributed by atoms with Crippen LogP contribution in [0.4, 0.5) is 14.6 Å². The Hall–Kier alpha value is -2.28. The van der Waals surface area contributed by atoms with E-state index in [1.165, 1.54) is 9.58 Å². The van der Waals surface area contributed by atoms with Crippen LogP contribution in [0.5, 0.6) is 0 Å². The van der Waals surface area contributed by atoms with E-state index in [0.29, 0.717) is 10.7 Å². The van der Waals surface area contributed by atoms with E-state index in [-0.39, 0.29) is 48.8 Å². The molecule has 4 rings (SSSR count). The third-order valence-corrected chi connectivity index (χ3v) is 5.93. The van der Waals surface area contributed by atoms with Gasteiger partial charge in [-0.2, -0.15) is 0 Å². The number of benzene rings is 1. The maximum Gasteiger partial charge on any atom is 0.266 e. The van der Waals surface area contributed by atoms with Crippen LogP contribution in [0.3, 0.4) is 0 Å². The lowest BCUT2D eigenvalue weighted by Gasteiger charge is -2.18. The fourth-order valence-electron chi connectivity index (χ4n) is 3.44. The standard InChI is InChI=1S/C18H19ClF2N6O3S/c19-13-4-2-1-3-11(13)8-27-17-15(24-25-27)16(26-6-5-18(20,21)10-26)22-14(23-17)7-12(28)9-31(29)30/h1-4,12,28H,5-10H2,(H,29,30). The van der Waals surface area contributed by atoms with Crippen LogP contribution in [0.1, 0.15) is 17.8 Å². The highest BCUT2D eigenvalue weighted by Gasteiger charge is 2.40. The van der Waals surface area contributed by atoms with Gasteiger partial charge in [0.25, 0.3) is 5.92 Å². The van der Waals surface area contributed by atoms with Crippen molar-refractivity contribution in [2.45, 2.75) is 31.4 Å². The summed E-state index contributed by atoms with van der Waals surface area (Å²) in [7, 11) is 0. The lowest BCUT2D eigenvalue weighted by Crippen LogP contribution is -2.27. The fourth-order valence-corrected chi connectivity index (χ4v) is 4.09. The molecule has 1 aliphatic heterocycles. The summed E-state index contributed by atoms with van der Waals surface area (Å²) in [5, 5.41) is 18.8. The normalized spacial score (nSPS) is 17.9. The summed E-state index contributed by atoms with van der Waals surface area (Å²) in [6.07, 6.45) is -1.62. The smallest absolute Gasteiger partial charge is 0.266 e. The first kappa shape index (κ1) is 21.9. The highest BCUT2D eigenvalue weighted by atomic mass is 35.5. The predicted octanol–water partition coefficient (Wildman–Crippen LogP) is 1.89. The summed E-state index contributed by atoms with van der Waals surface area (Å²) in [5.41, 5.74) is 1.32. The number of aliphatic hydroxyl groups excluding tert-OH is 1. The minimum absolute atomic E-state index is 0.0825. The van der Waals surface area contributed by atoms with Crippen molar-refractivity contribution >= 4 is 39.7 Å². The third-order valence-electron chi connectivity index (χ3n) is 4.89. The number of rotatable bonds is 7. The molecular weight excluding hydrogens is 454 g/mol. The predicted molar refractivity (Wildman–Crippen MR) is 111 cm³/mol. The van der Waals surface area contributed by atoms with Crippen molar-refractivity contribution in [3.63, 3.8) is 0 Å². The van der Waals surface area contributed by atoms with Gasteiger partial charge in [0.2, 0.25) is 0 Å². The average molecular weight is 473 g/mol. The Bertz CT molecular complexity index is 1130. The molecule has 0 amide bonds. The SMILES string of the molecule is O=S(O)CC(O)Cc1nc(N2CCC(F)(F)C2)c2nnn(Cc3ccccc3Cl)c2n1. The molecule has 3 heterocycles. The number of anilines is 1. The summed E-state index contributed by atoms with van der Waals surface area (Å²) in [6.45, 7) is -0.191. The van der Waals surface area contributed by atoms with Crippen LogP contribution in [0, 0.1) is 0 Å². The van der Waals surface area contributed by atoms with Gasteiger partial charge in [0.05, 0.1) is 24.9 Å². The Kier molecular flexibility index (Phi) is 6.15. The first-order valence-corrected chi connectivity index (χ1v) is 11.1. The van der Waals surface area contributed by atoms with Gasteiger partial charge in [0.1, 0.15) is 5.82 Å². The number of halogens is 3. The quantitative estimate of drug-likeness (QED) is 0.501. The summed E-state index contributed by atoms with van der Waals surface area (Å²) in [6, 6.07) is 7.17. The Morgan fingerprint density at radius 1 is 1.29 bits per heavy atom. The average Bonchev–Trinajstić information content (AvgIpc) is 3.25. The zero-order chi connectivity index (χ0) is 22.2.